The first-order valence-corrected chi connectivity index (χ1v) is 5.83. The van der Waals surface area contributed by atoms with Crippen LogP contribution in [0.3, 0.4) is 0 Å². The molecule has 0 N–H and O–H groups in total. The molecule has 0 spiro atoms. The molecule has 0 aromatic carbocycles. The number of oxazole rings is 1. The quantitative estimate of drug-likeness (QED) is 0.700. The molecule has 1 fully saturated rings. The van der Waals surface area contributed by atoms with Crippen LogP contribution in [0.5, 0.6) is 0 Å². The lowest BCUT2D eigenvalue weighted by molar-refractivity contribution is 0.313. The molecular weight excluding hydrogens is 198 g/mol. The molecule has 1 aromatic heterocycles. The van der Waals surface area contributed by atoms with Crippen molar-refractivity contribution >= 4 is 11.6 Å². The SMILES string of the molecule is CC1CCC(c2ocnc2CCl)CC1. The van der Waals surface area contributed by atoms with Gasteiger partial charge >= 0.3 is 0 Å². The second-order valence-corrected chi connectivity index (χ2v) is 4.52. The Morgan fingerprint density at radius 2 is 2.14 bits per heavy atom. The molecule has 78 valence electrons. The fraction of sp³-hybridized carbons (Fsp3) is 0.727. The molecule has 2 nitrogen and oxygen atoms in total. The summed E-state index contributed by atoms with van der Waals surface area (Å²) in [6.07, 6.45) is 6.56. The zero-order valence-corrected chi connectivity index (χ0v) is 9.26. The van der Waals surface area contributed by atoms with E-state index in [2.05, 4.69) is 11.9 Å². The highest BCUT2D eigenvalue weighted by Crippen LogP contribution is 2.36. The molecule has 1 saturated carbocycles. The van der Waals surface area contributed by atoms with Gasteiger partial charge in [0.15, 0.2) is 6.39 Å². The first-order chi connectivity index (χ1) is 6.81. The Balaban J connectivity index is 2.08. The topological polar surface area (TPSA) is 26.0 Å². The van der Waals surface area contributed by atoms with Crippen LogP contribution in [0.1, 0.15) is 50.0 Å². The average Bonchev–Trinajstić information content (AvgIpc) is 2.67. The van der Waals surface area contributed by atoms with E-state index in [1.165, 1.54) is 32.1 Å². The lowest BCUT2D eigenvalue weighted by Gasteiger charge is -2.24. The van der Waals surface area contributed by atoms with Gasteiger partial charge in [-0.25, -0.2) is 4.98 Å². The number of alkyl halides is 1. The van der Waals surface area contributed by atoms with Crippen molar-refractivity contribution < 1.29 is 4.42 Å². The highest BCUT2D eigenvalue weighted by atomic mass is 35.5. The molecule has 14 heavy (non-hydrogen) atoms. The van der Waals surface area contributed by atoms with Crippen molar-refractivity contribution in [2.24, 2.45) is 5.92 Å². The van der Waals surface area contributed by atoms with E-state index in [9.17, 15) is 0 Å². The van der Waals surface area contributed by atoms with Gasteiger partial charge in [-0.1, -0.05) is 19.8 Å². The highest BCUT2D eigenvalue weighted by molar-refractivity contribution is 6.16. The van der Waals surface area contributed by atoms with Crippen molar-refractivity contribution in [3.63, 3.8) is 0 Å². The van der Waals surface area contributed by atoms with E-state index >= 15 is 0 Å². The Morgan fingerprint density at radius 3 is 2.79 bits per heavy atom. The van der Waals surface area contributed by atoms with Gasteiger partial charge in [0.05, 0.1) is 11.6 Å². The molecule has 1 aliphatic carbocycles. The van der Waals surface area contributed by atoms with Gasteiger partial charge in [-0.05, 0) is 18.8 Å². The molecule has 0 radical (unpaired) electrons. The van der Waals surface area contributed by atoms with E-state index in [4.69, 9.17) is 16.0 Å². The standard InChI is InChI=1S/C11H16ClNO/c1-8-2-4-9(5-3-8)11-10(6-12)13-7-14-11/h7-9H,2-6H2,1H3. The van der Waals surface area contributed by atoms with Gasteiger partial charge < -0.3 is 4.42 Å². The summed E-state index contributed by atoms with van der Waals surface area (Å²) in [6.45, 7) is 2.32. The smallest absolute Gasteiger partial charge is 0.181 e. The van der Waals surface area contributed by atoms with Gasteiger partial charge in [0, 0.05) is 5.92 Å². The minimum atomic E-state index is 0.470. The molecule has 0 saturated heterocycles. The summed E-state index contributed by atoms with van der Waals surface area (Å²) in [6, 6.07) is 0. The van der Waals surface area contributed by atoms with Crippen molar-refractivity contribution in [2.45, 2.75) is 44.4 Å². The van der Waals surface area contributed by atoms with Crippen LogP contribution in [0.2, 0.25) is 0 Å². The fourth-order valence-corrected chi connectivity index (χ4v) is 2.43. The average molecular weight is 214 g/mol. The van der Waals surface area contributed by atoms with Crippen molar-refractivity contribution in [1.82, 2.24) is 4.98 Å². The van der Waals surface area contributed by atoms with Crippen LogP contribution in [-0.2, 0) is 5.88 Å². The summed E-state index contributed by atoms with van der Waals surface area (Å²) < 4.78 is 5.43. The van der Waals surface area contributed by atoms with Crippen molar-refractivity contribution in [1.29, 1.82) is 0 Å². The Bertz CT molecular complexity index is 289. The van der Waals surface area contributed by atoms with Gasteiger partial charge in [-0.2, -0.15) is 0 Å². The van der Waals surface area contributed by atoms with Crippen LogP contribution in [0, 0.1) is 5.92 Å². The van der Waals surface area contributed by atoms with Crippen LogP contribution in [0.25, 0.3) is 0 Å². The molecule has 0 amide bonds. The number of halogens is 1. The molecule has 2 rings (SSSR count). The molecule has 1 aromatic rings. The van der Waals surface area contributed by atoms with Gasteiger partial charge in [0.1, 0.15) is 5.76 Å². The van der Waals surface area contributed by atoms with Gasteiger partial charge in [0.2, 0.25) is 0 Å². The molecule has 0 atom stereocenters. The van der Waals surface area contributed by atoms with Crippen LogP contribution >= 0.6 is 11.6 Å². The number of nitrogens with zero attached hydrogens (tertiary/aromatic N) is 1. The molecule has 0 aliphatic heterocycles. The molecule has 3 heteroatoms. The number of hydrogen-bond acceptors (Lipinski definition) is 2. The third-order valence-electron chi connectivity index (χ3n) is 3.19. The Labute approximate surface area is 89.7 Å². The number of rotatable bonds is 2. The molecular formula is C11H16ClNO. The van der Waals surface area contributed by atoms with Gasteiger partial charge in [0.25, 0.3) is 0 Å². The first kappa shape index (κ1) is 10.0. The predicted molar refractivity (Wildman–Crippen MR) is 56.4 cm³/mol. The third kappa shape index (κ3) is 1.95. The minimum absolute atomic E-state index is 0.470. The maximum atomic E-state index is 5.80. The van der Waals surface area contributed by atoms with E-state index in [0.29, 0.717) is 11.8 Å². The van der Waals surface area contributed by atoms with Crippen molar-refractivity contribution in [2.75, 3.05) is 0 Å². The number of aromatic nitrogens is 1. The number of hydrogen-bond donors (Lipinski definition) is 0. The zero-order valence-electron chi connectivity index (χ0n) is 8.50. The Kier molecular flexibility index (Phi) is 3.12. The lowest BCUT2D eigenvalue weighted by atomic mass is 9.81. The summed E-state index contributed by atoms with van der Waals surface area (Å²) in [5.74, 6) is 2.93. The summed E-state index contributed by atoms with van der Waals surface area (Å²) in [4.78, 5) is 4.13. The second kappa shape index (κ2) is 4.35. The fourth-order valence-electron chi connectivity index (χ4n) is 2.23. The lowest BCUT2D eigenvalue weighted by Crippen LogP contribution is -2.11. The summed E-state index contributed by atoms with van der Waals surface area (Å²) in [7, 11) is 0. The molecule has 0 unspecified atom stereocenters. The monoisotopic (exact) mass is 213 g/mol. The summed E-state index contributed by atoms with van der Waals surface area (Å²) in [5.41, 5.74) is 0.936. The second-order valence-electron chi connectivity index (χ2n) is 4.25. The summed E-state index contributed by atoms with van der Waals surface area (Å²) in [5, 5.41) is 0. The van der Waals surface area contributed by atoms with Gasteiger partial charge in [-0.15, -0.1) is 11.6 Å². The van der Waals surface area contributed by atoms with E-state index in [1.807, 2.05) is 0 Å². The van der Waals surface area contributed by atoms with Crippen LogP contribution in [0.15, 0.2) is 10.8 Å². The van der Waals surface area contributed by atoms with E-state index < -0.39 is 0 Å². The summed E-state index contributed by atoms with van der Waals surface area (Å²) >= 11 is 5.80. The van der Waals surface area contributed by atoms with E-state index in [0.717, 1.165) is 17.4 Å². The van der Waals surface area contributed by atoms with Crippen molar-refractivity contribution in [3.05, 3.63) is 17.8 Å². The Morgan fingerprint density at radius 1 is 1.43 bits per heavy atom. The van der Waals surface area contributed by atoms with Crippen LogP contribution < -0.4 is 0 Å². The molecule has 1 heterocycles. The normalized spacial score (nSPS) is 27.9. The van der Waals surface area contributed by atoms with Crippen molar-refractivity contribution in [3.8, 4) is 0 Å². The third-order valence-corrected chi connectivity index (χ3v) is 3.44. The van der Waals surface area contributed by atoms with E-state index in [-0.39, 0.29) is 0 Å². The van der Waals surface area contributed by atoms with Crippen LogP contribution in [-0.4, -0.2) is 4.98 Å². The van der Waals surface area contributed by atoms with E-state index in [1.54, 1.807) is 0 Å². The first-order valence-electron chi connectivity index (χ1n) is 5.29. The maximum absolute atomic E-state index is 5.80. The largest absolute Gasteiger partial charge is 0.448 e. The van der Waals surface area contributed by atoms with Crippen LogP contribution in [0.4, 0.5) is 0 Å². The highest BCUT2D eigenvalue weighted by Gasteiger charge is 2.24. The predicted octanol–water partition coefficient (Wildman–Crippen LogP) is 3.71. The molecule has 1 aliphatic rings. The maximum Gasteiger partial charge on any atom is 0.181 e. The molecule has 0 bridgehead atoms. The zero-order chi connectivity index (χ0) is 9.97. The van der Waals surface area contributed by atoms with Gasteiger partial charge in [-0.3, -0.25) is 0 Å². The minimum Gasteiger partial charge on any atom is -0.448 e. The Hall–Kier alpha value is -0.500.